The minimum absolute atomic E-state index is 0.0202. The third kappa shape index (κ3) is 4.51. The van der Waals surface area contributed by atoms with Gasteiger partial charge in [-0.15, -0.1) is 0 Å². The van der Waals surface area contributed by atoms with E-state index in [9.17, 15) is 22.0 Å². The van der Waals surface area contributed by atoms with E-state index in [0.717, 1.165) is 6.07 Å². The second-order valence-electron chi connectivity index (χ2n) is 7.16. The molecule has 0 atom stereocenters. The first kappa shape index (κ1) is 22.0. The number of hydrogen-bond acceptors (Lipinski definition) is 3. The molecule has 9 heteroatoms. The van der Waals surface area contributed by atoms with E-state index >= 15 is 0 Å². The fraction of sp³-hybridized carbons (Fsp3) is 0.0870. The molecule has 0 fully saturated rings. The van der Waals surface area contributed by atoms with Gasteiger partial charge in [0.05, 0.1) is 10.6 Å². The Kier molecular flexibility index (Phi) is 5.99. The molecule has 0 spiro atoms. The number of carbonyl (C=O) groups excluding carboxylic acids is 1. The highest BCUT2D eigenvalue weighted by molar-refractivity contribution is 7.90. The minimum atomic E-state index is -3.99. The molecule has 0 saturated carbocycles. The van der Waals surface area contributed by atoms with Crippen LogP contribution in [0.15, 0.2) is 77.8 Å². The zero-order valence-electron chi connectivity index (χ0n) is 16.6. The quantitative estimate of drug-likeness (QED) is 0.418. The SMILES string of the molecule is O=C(Cn1cc(S(=O)(=O)Cc2c(F)cccc2Cl)c2ccccc21)Nc1cccc(F)c1. The second kappa shape index (κ2) is 8.72. The maximum Gasteiger partial charge on any atom is 0.244 e. The van der Waals surface area contributed by atoms with E-state index in [0.29, 0.717) is 10.9 Å². The Bertz CT molecular complexity index is 1410. The van der Waals surface area contributed by atoms with Crippen molar-refractivity contribution in [1.82, 2.24) is 4.57 Å². The number of nitrogens with zero attached hydrogens (tertiary/aromatic N) is 1. The molecule has 4 rings (SSSR count). The van der Waals surface area contributed by atoms with Crippen molar-refractivity contribution in [2.75, 3.05) is 5.32 Å². The molecule has 1 N–H and O–H groups in total. The Labute approximate surface area is 188 Å². The number of fused-ring (bicyclic) bond motifs is 1. The minimum Gasteiger partial charge on any atom is -0.337 e. The molecule has 5 nitrogen and oxygen atoms in total. The monoisotopic (exact) mass is 474 g/mol. The standard InChI is InChI=1S/C23H17ClF2N2O3S/c24-19-8-4-9-20(26)18(19)14-32(30,31)22-12-28(21-10-2-1-7-17(21)22)13-23(29)27-16-6-3-5-15(25)11-16/h1-12H,13-14H2,(H,27,29). The van der Waals surface area contributed by atoms with Crippen LogP contribution in [-0.2, 0) is 26.9 Å². The summed E-state index contributed by atoms with van der Waals surface area (Å²) in [4.78, 5) is 12.5. The number of aromatic nitrogens is 1. The lowest BCUT2D eigenvalue weighted by Gasteiger charge is -2.07. The van der Waals surface area contributed by atoms with Crippen LogP contribution in [0.25, 0.3) is 10.9 Å². The molecule has 32 heavy (non-hydrogen) atoms. The van der Waals surface area contributed by atoms with Crippen molar-refractivity contribution >= 4 is 43.9 Å². The van der Waals surface area contributed by atoms with Gasteiger partial charge in [0, 0.05) is 33.4 Å². The van der Waals surface area contributed by atoms with Gasteiger partial charge in [0.25, 0.3) is 0 Å². The summed E-state index contributed by atoms with van der Waals surface area (Å²) >= 11 is 6.01. The van der Waals surface area contributed by atoms with Crippen LogP contribution in [0.5, 0.6) is 0 Å². The highest BCUT2D eigenvalue weighted by Gasteiger charge is 2.25. The predicted octanol–water partition coefficient (Wildman–Crippen LogP) is 5.19. The van der Waals surface area contributed by atoms with Gasteiger partial charge in [-0.05, 0) is 36.4 Å². The molecule has 0 aliphatic rings. The lowest BCUT2D eigenvalue weighted by molar-refractivity contribution is -0.116. The highest BCUT2D eigenvalue weighted by Crippen LogP contribution is 2.30. The van der Waals surface area contributed by atoms with E-state index in [4.69, 9.17) is 11.6 Å². The van der Waals surface area contributed by atoms with Crippen LogP contribution in [0, 0.1) is 11.6 Å². The second-order valence-corrected chi connectivity index (χ2v) is 9.52. The Morgan fingerprint density at radius 3 is 2.50 bits per heavy atom. The molecule has 0 unspecified atom stereocenters. The fourth-order valence-electron chi connectivity index (χ4n) is 3.45. The van der Waals surface area contributed by atoms with Crippen molar-refractivity contribution in [3.05, 3.63) is 95.1 Å². The summed E-state index contributed by atoms with van der Waals surface area (Å²) in [6.45, 7) is -0.201. The summed E-state index contributed by atoms with van der Waals surface area (Å²) in [5, 5.41) is 3.00. The average molecular weight is 475 g/mol. The molecule has 164 valence electrons. The molecule has 0 bridgehead atoms. The van der Waals surface area contributed by atoms with Crippen LogP contribution >= 0.6 is 11.6 Å². The van der Waals surface area contributed by atoms with Crippen molar-refractivity contribution in [3.63, 3.8) is 0 Å². The number of amides is 1. The Morgan fingerprint density at radius 1 is 1.00 bits per heavy atom. The number of carbonyl (C=O) groups is 1. The van der Waals surface area contributed by atoms with Gasteiger partial charge in [-0.25, -0.2) is 17.2 Å². The molecule has 1 heterocycles. The number of anilines is 1. The van der Waals surface area contributed by atoms with Gasteiger partial charge in [-0.3, -0.25) is 4.79 Å². The number of rotatable bonds is 6. The van der Waals surface area contributed by atoms with Gasteiger partial charge >= 0.3 is 0 Å². The summed E-state index contributed by atoms with van der Waals surface area (Å²) in [5.41, 5.74) is 0.684. The molecule has 0 saturated heterocycles. The first-order chi connectivity index (χ1) is 15.2. The zero-order chi connectivity index (χ0) is 22.9. The summed E-state index contributed by atoms with van der Waals surface area (Å²) in [5.74, 6) is -2.28. The average Bonchev–Trinajstić information content (AvgIpc) is 3.10. The molecule has 1 amide bonds. The van der Waals surface area contributed by atoms with Crippen molar-refractivity contribution in [2.45, 2.75) is 17.2 Å². The van der Waals surface area contributed by atoms with E-state index in [1.54, 1.807) is 30.3 Å². The smallest absolute Gasteiger partial charge is 0.244 e. The number of sulfone groups is 1. The normalized spacial score (nSPS) is 11.6. The Balaban J connectivity index is 1.67. The number of para-hydroxylation sites is 1. The molecule has 4 aromatic rings. The van der Waals surface area contributed by atoms with E-state index in [1.807, 2.05) is 0 Å². The van der Waals surface area contributed by atoms with Crippen LogP contribution in [0.2, 0.25) is 5.02 Å². The van der Waals surface area contributed by atoms with E-state index in [-0.39, 0.29) is 27.7 Å². The van der Waals surface area contributed by atoms with Crippen LogP contribution in [0.4, 0.5) is 14.5 Å². The summed E-state index contributed by atoms with van der Waals surface area (Å²) < 4.78 is 55.4. The van der Waals surface area contributed by atoms with Crippen molar-refractivity contribution in [3.8, 4) is 0 Å². The third-order valence-electron chi connectivity index (χ3n) is 4.91. The topological polar surface area (TPSA) is 68.2 Å². The molecular formula is C23H17ClF2N2O3S. The Morgan fingerprint density at radius 2 is 1.75 bits per heavy atom. The van der Waals surface area contributed by atoms with Crippen LogP contribution in [-0.4, -0.2) is 18.9 Å². The van der Waals surface area contributed by atoms with Crippen molar-refractivity contribution < 1.29 is 22.0 Å². The number of hydrogen-bond donors (Lipinski definition) is 1. The van der Waals surface area contributed by atoms with Crippen molar-refractivity contribution in [2.24, 2.45) is 0 Å². The predicted molar refractivity (Wildman–Crippen MR) is 119 cm³/mol. The molecule has 0 aliphatic carbocycles. The lowest BCUT2D eigenvalue weighted by atomic mass is 10.2. The van der Waals surface area contributed by atoms with Crippen molar-refractivity contribution in [1.29, 1.82) is 0 Å². The van der Waals surface area contributed by atoms with E-state index < -0.39 is 33.1 Å². The summed E-state index contributed by atoms with van der Waals surface area (Å²) in [6.07, 6.45) is 1.35. The first-order valence-electron chi connectivity index (χ1n) is 9.53. The maximum atomic E-state index is 14.2. The van der Waals surface area contributed by atoms with Crippen LogP contribution in [0.1, 0.15) is 5.56 Å². The highest BCUT2D eigenvalue weighted by atomic mass is 35.5. The zero-order valence-corrected chi connectivity index (χ0v) is 18.1. The number of benzene rings is 3. The Hall–Kier alpha value is -3.23. The van der Waals surface area contributed by atoms with E-state index in [1.165, 1.54) is 41.1 Å². The summed E-state index contributed by atoms with van der Waals surface area (Å²) in [6, 6.07) is 16.1. The van der Waals surface area contributed by atoms with Crippen LogP contribution in [0.3, 0.4) is 0 Å². The lowest BCUT2D eigenvalue weighted by Crippen LogP contribution is -2.18. The molecule has 3 aromatic carbocycles. The molecule has 0 radical (unpaired) electrons. The fourth-order valence-corrected chi connectivity index (χ4v) is 5.38. The molecule has 1 aromatic heterocycles. The van der Waals surface area contributed by atoms with Gasteiger partial charge < -0.3 is 9.88 Å². The van der Waals surface area contributed by atoms with Gasteiger partial charge in [-0.1, -0.05) is 41.9 Å². The first-order valence-corrected chi connectivity index (χ1v) is 11.6. The van der Waals surface area contributed by atoms with Gasteiger partial charge in [0.1, 0.15) is 18.2 Å². The third-order valence-corrected chi connectivity index (χ3v) is 6.92. The number of halogens is 3. The molecule has 0 aliphatic heterocycles. The number of nitrogens with one attached hydrogen (secondary N) is 1. The van der Waals surface area contributed by atoms with Gasteiger partial charge in [0.15, 0.2) is 9.84 Å². The van der Waals surface area contributed by atoms with E-state index in [2.05, 4.69) is 5.32 Å². The summed E-state index contributed by atoms with van der Waals surface area (Å²) in [7, 11) is -3.99. The molecular weight excluding hydrogens is 458 g/mol. The van der Waals surface area contributed by atoms with Gasteiger partial charge in [-0.2, -0.15) is 0 Å². The van der Waals surface area contributed by atoms with Gasteiger partial charge in [0.2, 0.25) is 5.91 Å². The van der Waals surface area contributed by atoms with Crippen LogP contribution < -0.4 is 5.32 Å². The largest absolute Gasteiger partial charge is 0.337 e. The maximum absolute atomic E-state index is 14.2.